The van der Waals surface area contributed by atoms with E-state index < -0.39 is 5.51 Å². The zero-order chi connectivity index (χ0) is 13.8. The van der Waals surface area contributed by atoms with E-state index in [0.29, 0.717) is 17.9 Å². The maximum Gasteiger partial charge on any atom is 0.446 e. The molecule has 0 aliphatic heterocycles. The van der Waals surface area contributed by atoms with Gasteiger partial charge in [-0.1, -0.05) is 32.0 Å². The molecule has 1 aromatic carbocycles. The van der Waals surface area contributed by atoms with E-state index in [9.17, 15) is 13.2 Å². The Morgan fingerprint density at radius 2 is 1.74 bits per heavy atom. The van der Waals surface area contributed by atoms with E-state index in [0.717, 1.165) is 6.42 Å². The SMILES string of the molecule is CC(C)CC[C@@H](N)c1ccccc1SC(F)(F)F.Cl. The Morgan fingerprint density at radius 3 is 2.26 bits per heavy atom. The first-order chi connectivity index (χ1) is 8.29. The normalized spacial score (nSPS) is 13.2. The standard InChI is InChI=1S/C13H18F3NS.ClH/c1-9(2)7-8-11(17)10-5-3-4-6-12(10)18-13(14,15)16;/h3-6,9,11H,7-8,17H2,1-2H3;1H/t11-;/m1./s1. The van der Waals surface area contributed by atoms with Crippen LogP contribution in [0.15, 0.2) is 29.2 Å². The third-order valence-electron chi connectivity index (χ3n) is 2.60. The lowest BCUT2D eigenvalue weighted by molar-refractivity contribution is -0.0328. The van der Waals surface area contributed by atoms with Crippen LogP contribution in [0.5, 0.6) is 0 Å². The van der Waals surface area contributed by atoms with E-state index in [2.05, 4.69) is 13.8 Å². The third kappa shape index (κ3) is 7.09. The van der Waals surface area contributed by atoms with Crippen LogP contribution in [0.2, 0.25) is 0 Å². The van der Waals surface area contributed by atoms with Crippen LogP contribution in [0.4, 0.5) is 13.2 Å². The molecule has 110 valence electrons. The van der Waals surface area contributed by atoms with Crippen molar-refractivity contribution in [1.29, 1.82) is 0 Å². The molecule has 0 saturated carbocycles. The smallest absolute Gasteiger partial charge is 0.324 e. The number of hydrogen-bond acceptors (Lipinski definition) is 2. The Labute approximate surface area is 122 Å². The molecule has 0 heterocycles. The molecular formula is C13H19ClF3NS. The molecule has 0 aromatic heterocycles. The molecule has 0 bridgehead atoms. The molecule has 0 radical (unpaired) electrons. The second-order valence-electron chi connectivity index (χ2n) is 4.66. The maximum atomic E-state index is 12.4. The van der Waals surface area contributed by atoms with Crippen molar-refractivity contribution in [3.05, 3.63) is 29.8 Å². The summed E-state index contributed by atoms with van der Waals surface area (Å²) in [6, 6.07) is 6.15. The summed E-state index contributed by atoms with van der Waals surface area (Å²) in [4.78, 5) is 0.209. The van der Waals surface area contributed by atoms with Gasteiger partial charge in [0.25, 0.3) is 0 Å². The Balaban J connectivity index is 0.00000324. The number of alkyl halides is 3. The van der Waals surface area contributed by atoms with Gasteiger partial charge in [0.1, 0.15) is 0 Å². The van der Waals surface area contributed by atoms with Gasteiger partial charge in [-0.3, -0.25) is 0 Å². The minimum atomic E-state index is -4.27. The van der Waals surface area contributed by atoms with Gasteiger partial charge in [-0.25, -0.2) is 0 Å². The monoisotopic (exact) mass is 313 g/mol. The average Bonchev–Trinajstić information content (AvgIpc) is 2.24. The van der Waals surface area contributed by atoms with Crippen LogP contribution in [-0.4, -0.2) is 5.51 Å². The predicted molar refractivity (Wildman–Crippen MR) is 76.6 cm³/mol. The molecule has 1 aromatic rings. The molecule has 0 unspecified atom stereocenters. The molecule has 6 heteroatoms. The van der Waals surface area contributed by atoms with Gasteiger partial charge in [-0.15, -0.1) is 12.4 Å². The molecule has 0 fully saturated rings. The fraction of sp³-hybridized carbons (Fsp3) is 0.538. The molecule has 1 nitrogen and oxygen atoms in total. The highest BCUT2D eigenvalue weighted by atomic mass is 35.5. The van der Waals surface area contributed by atoms with Crippen molar-refractivity contribution in [3.63, 3.8) is 0 Å². The number of halogens is 4. The summed E-state index contributed by atoms with van der Waals surface area (Å²) in [5.74, 6) is 0.499. The zero-order valence-corrected chi connectivity index (χ0v) is 12.5. The van der Waals surface area contributed by atoms with E-state index in [-0.39, 0.29) is 35.1 Å². The van der Waals surface area contributed by atoms with Gasteiger partial charge in [0, 0.05) is 10.9 Å². The summed E-state index contributed by atoms with van der Waals surface area (Å²) in [5, 5.41) is 0. The van der Waals surface area contributed by atoms with Crippen molar-refractivity contribution in [1.82, 2.24) is 0 Å². The van der Waals surface area contributed by atoms with Gasteiger partial charge in [0.05, 0.1) is 0 Å². The average molecular weight is 314 g/mol. The molecule has 0 amide bonds. The molecule has 1 atom stereocenters. The number of benzene rings is 1. The van der Waals surface area contributed by atoms with Gasteiger partial charge in [-0.2, -0.15) is 13.2 Å². The Morgan fingerprint density at radius 1 is 1.16 bits per heavy atom. The van der Waals surface area contributed by atoms with Gasteiger partial charge in [0.2, 0.25) is 0 Å². The summed E-state index contributed by atoms with van der Waals surface area (Å²) >= 11 is -0.0901. The lowest BCUT2D eigenvalue weighted by Gasteiger charge is -2.17. The van der Waals surface area contributed by atoms with Crippen LogP contribution >= 0.6 is 24.2 Å². The largest absolute Gasteiger partial charge is 0.446 e. The number of nitrogens with two attached hydrogens (primary N) is 1. The summed E-state index contributed by atoms with van der Waals surface area (Å²) in [7, 11) is 0. The van der Waals surface area contributed by atoms with Crippen molar-refractivity contribution in [2.24, 2.45) is 11.7 Å². The quantitative estimate of drug-likeness (QED) is 0.760. The number of rotatable bonds is 5. The highest BCUT2D eigenvalue weighted by Gasteiger charge is 2.30. The molecule has 0 spiro atoms. The highest BCUT2D eigenvalue weighted by molar-refractivity contribution is 8.00. The van der Waals surface area contributed by atoms with Crippen LogP contribution in [0.25, 0.3) is 0 Å². The van der Waals surface area contributed by atoms with Crippen molar-refractivity contribution in [2.75, 3.05) is 0 Å². The minimum Gasteiger partial charge on any atom is -0.324 e. The summed E-state index contributed by atoms with van der Waals surface area (Å²) in [6.45, 7) is 4.15. The number of thioether (sulfide) groups is 1. The Kier molecular flexibility index (Phi) is 7.86. The first-order valence-electron chi connectivity index (χ1n) is 5.90. The first kappa shape index (κ1) is 18.6. The fourth-order valence-corrected chi connectivity index (χ4v) is 2.41. The summed E-state index contributed by atoms with van der Waals surface area (Å²) in [5.41, 5.74) is 2.30. The highest BCUT2D eigenvalue weighted by Crippen LogP contribution is 2.40. The number of hydrogen-bond donors (Lipinski definition) is 1. The summed E-state index contributed by atoms with van der Waals surface area (Å²) in [6.07, 6.45) is 1.61. The topological polar surface area (TPSA) is 26.0 Å². The van der Waals surface area contributed by atoms with Crippen molar-refractivity contribution >= 4 is 24.2 Å². The summed E-state index contributed by atoms with van der Waals surface area (Å²) < 4.78 is 37.3. The molecule has 2 N–H and O–H groups in total. The van der Waals surface area contributed by atoms with Crippen LogP contribution < -0.4 is 5.73 Å². The third-order valence-corrected chi connectivity index (χ3v) is 3.42. The Hall–Kier alpha value is -0.390. The van der Waals surface area contributed by atoms with Gasteiger partial charge < -0.3 is 5.73 Å². The van der Waals surface area contributed by atoms with Crippen molar-refractivity contribution in [2.45, 2.75) is 43.1 Å². The molecule has 0 saturated heterocycles. The van der Waals surface area contributed by atoms with E-state index in [1.165, 1.54) is 6.07 Å². The maximum absolute atomic E-state index is 12.4. The van der Waals surface area contributed by atoms with Gasteiger partial charge in [0.15, 0.2) is 0 Å². The van der Waals surface area contributed by atoms with Crippen LogP contribution in [-0.2, 0) is 0 Å². The molecule has 1 rings (SSSR count). The Bertz CT molecular complexity index is 382. The van der Waals surface area contributed by atoms with Gasteiger partial charge >= 0.3 is 5.51 Å². The van der Waals surface area contributed by atoms with E-state index in [1.54, 1.807) is 18.2 Å². The van der Waals surface area contributed by atoms with Gasteiger partial charge in [-0.05, 0) is 42.2 Å². The van der Waals surface area contributed by atoms with E-state index >= 15 is 0 Å². The van der Waals surface area contributed by atoms with Crippen LogP contribution in [0, 0.1) is 5.92 Å². The van der Waals surface area contributed by atoms with Crippen molar-refractivity contribution in [3.8, 4) is 0 Å². The second kappa shape index (κ2) is 8.02. The minimum absolute atomic E-state index is 0. The fourth-order valence-electron chi connectivity index (χ4n) is 1.67. The lowest BCUT2D eigenvalue weighted by Crippen LogP contribution is -2.13. The molecule has 0 aliphatic rings. The van der Waals surface area contributed by atoms with Crippen LogP contribution in [0.3, 0.4) is 0 Å². The molecule has 19 heavy (non-hydrogen) atoms. The molecular weight excluding hydrogens is 295 g/mol. The van der Waals surface area contributed by atoms with Crippen LogP contribution in [0.1, 0.15) is 38.3 Å². The predicted octanol–water partition coefficient (Wildman–Crippen LogP) is 5.16. The molecule has 0 aliphatic carbocycles. The first-order valence-corrected chi connectivity index (χ1v) is 6.71. The second-order valence-corrected chi connectivity index (χ2v) is 5.77. The van der Waals surface area contributed by atoms with E-state index in [1.807, 2.05) is 0 Å². The van der Waals surface area contributed by atoms with Crippen molar-refractivity contribution < 1.29 is 13.2 Å². The van der Waals surface area contributed by atoms with E-state index in [4.69, 9.17) is 5.73 Å². The zero-order valence-electron chi connectivity index (χ0n) is 10.9. The lowest BCUT2D eigenvalue weighted by atomic mass is 9.98.